The summed E-state index contributed by atoms with van der Waals surface area (Å²) < 4.78 is 5.40. The zero-order chi connectivity index (χ0) is 15.6. The van der Waals surface area contributed by atoms with Crippen LogP contribution in [0.25, 0.3) is 11.3 Å². The number of oxime groups is 1. The van der Waals surface area contributed by atoms with Crippen LogP contribution in [0, 0.1) is 6.92 Å². The summed E-state index contributed by atoms with van der Waals surface area (Å²) in [6, 6.07) is 3.68. The van der Waals surface area contributed by atoms with Crippen LogP contribution in [-0.2, 0) is 0 Å². The van der Waals surface area contributed by atoms with Gasteiger partial charge in [-0.15, -0.1) is 0 Å². The molecule has 0 aliphatic carbocycles. The Morgan fingerprint density at radius 1 is 1.48 bits per heavy atom. The molecule has 0 spiro atoms. The van der Waals surface area contributed by atoms with Crippen LogP contribution in [0.4, 0.5) is 5.13 Å². The molecule has 5 nitrogen and oxygen atoms in total. The monoisotopic (exact) mass is 325 g/mol. The van der Waals surface area contributed by atoms with Crippen LogP contribution in [0.3, 0.4) is 0 Å². The predicted molar refractivity (Wildman–Crippen MR) is 87.4 cm³/mol. The lowest BCUT2D eigenvalue weighted by Gasteiger charge is -2.10. The molecule has 0 aliphatic rings. The van der Waals surface area contributed by atoms with E-state index >= 15 is 0 Å². The molecular weight excluding hydrogens is 310 g/mol. The largest absolute Gasteiger partial charge is 0.496 e. The minimum atomic E-state index is 0.499. The van der Waals surface area contributed by atoms with Crippen molar-refractivity contribution in [2.45, 2.75) is 13.8 Å². The molecule has 2 aromatic rings. The summed E-state index contributed by atoms with van der Waals surface area (Å²) in [6.45, 7) is 3.65. The van der Waals surface area contributed by atoms with Gasteiger partial charge >= 0.3 is 0 Å². The maximum absolute atomic E-state index is 9.06. The molecule has 0 saturated carbocycles. The van der Waals surface area contributed by atoms with E-state index in [1.165, 1.54) is 11.3 Å². The van der Waals surface area contributed by atoms with E-state index in [-0.39, 0.29) is 0 Å². The van der Waals surface area contributed by atoms with Crippen LogP contribution >= 0.6 is 22.9 Å². The number of anilines is 1. The average molecular weight is 326 g/mol. The standard InChI is InChI=1S/C14H16ClN3O2S/c1-7-5-9(11(20-4)6-10(7)15)12-13(8(2)18-19)21-14(16-3)17-12/h5-6,19H,1-4H3,(H,16,17)/b18-8+. The van der Waals surface area contributed by atoms with Gasteiger partial charge in [-0.2, -0.15) is 0 Å². The molecule has 0 amide bonds. The Balaban J connectivity index is 2.71. The number of nitrogens with one attached hydrogen (secondary N) is 1. The number of nitrogens with zero attached hydrogens (tertiary/aromatic N) is 2. The normalized spacial score (nSPS) is 11.6. The Labute approximate surface area is 132 Å². The molecule has 112 valence electrons. The molecule has 1 heterocycles. The molecule has 1 aromatic heterocycles. The maximum Gasteiger partial charge on any atom is 0.183 e. The minimum Gasteiger partial charge on any atom is -0.496 e. The van der Waals surface area contributed by atoms with E-state index in [0.29, 0.717) is 22.2 Å². The Morgan fingerprint density at radius 3 is 2.76 bits per heavy atom. The van der Waals surface area contributed by atoms with Gasteiger partial charge in [-0.05, 0) is 31.5 Å². The fraction of sp³-hybridized carbons (Fsp3) is 0.286. The number of rotatable bonds is 4. The molecule has 2 N–H and O–H groups in total. The van der Waals surface area contributed by atoms with Crippen LogP contribution in [0.2, 0.25) is 5.02 Å². The van der Waals surface area contributed by atoms with Crippen LogP contribution in [0.15, 0.2) is 17.3 Å². The SMILES string of the molecule is CNc1nc(-c2cc(C)c(Cl)cc2OC)c(/C(C)=N/O)s1. The molecule has 21 heavy (non-hydrogen) atoms. The third kappa shape index (κ3) is 2.96. The molecule has 0 saturated heterocycles. The van der Waals surface area contributed by atoms with Gasteiger partial charge in [0.05, 0.1) is 23.4 Å². The summed E-state index contributed by atoms with van der Waals surface area (Å²) in [5.74, 6) is 0.630. The van der Waals surface area contributed by atoms with Crippen molar-refractivity contribution in [3.05, 3.63) is 27.6 Å². The fourth-order valence-corrected chi connectivity index (χ4v) is 2.94. The van der Waals surface area contributed by atoms with Crippen LogP contribution in [0.5, 0.6) is 5.75 Å². The lowest BCUT2D eigenvalue weighted by atomic mass is 10.1. The van der Waals surface area contributed by atoms with Gasteiger partial charge in [0, 0.05) is 17.6 Å². The summed E-state index contributed by atoms with van der Waals surface area (Å²) in [6.07, 6.45) is 0. The summed E-state index contributed by atoms with van der Waals surface area (Å²) in [4.78, 5) is 5.32. The second-order valence-corrected chi connectivity index (χ2v) is 5.84. The van der Waals surface area contributed by atoms with Crippen molar-refractivity contribution in [3.8, 4) is 17.0 Å². The van der Waals surface area contributed by atoms with Crippen molar-refractivity contribution >= 4 is 33.8 Å². The van der Waals surface area contributed by atoms with Crippen molar-refractivity contribution in [2.24, 2.45) is 5.16 Å². The van der Waals surface area contributed by atoms with Gasteiger partial charge in [0.2, 0.25) is 0 Å². The fourth-order valence-electron chi connectivity index (χ4n) is 1.92. The van der Waals surface area contributed by atoms with Gasteiger partial charge < -0.3 is 15.3 Å². The number of methoxy groups -OCH3 is 1. The number of hydrogen-bond donors (Lipinski definition) is 2. The zero-order valence-electron chi connectivity index (χ0n) is 12.2. The third-order valence-corrected chi connectivity index (χ3v) is 4.64. The number of aromatic nitrogens is 1. The van der Waals surface area contributed by atoms with E-state index in [1.54, 1.807) is 27.1 Å². The Hall–Kier alpha value is -1.79. The van der Waals surface area contributed by atoms with Crippen molar-refractivity contribution in [1.82, 2.24) is 4.98 Å². The van der Waals surface area contributed by atoms with E-state index in [2.05, 4.69) is 15.5 Å². The first-order valence-electron chi connectivity index (χ1n) is 6.24. The summed E-state index contributed by atoms with van der Waals surface area (Å²) in [7, 11) is 3.38. The number of aryl methyl sites for hydroxylation is 1. The summed E-state index contributed by atoms with van der Waals surface area (Å²) in [5.41, 5.74) is 2.95. The lowest BCUT2D eigenvalue weighted by Crippen LogP contribution is -1.97. The van der Waals surface area contributed by atoms with Crippen molar-refractivity contribution in [2.75, 3.05) is 19.5 Å². The van der Waals surface area contributed by atoms with Gasteiger partial charge in [-0.1, -0.05) is 28.1 Å². The van der Waals surface area contributed by atoms with E-state index < -0.39 is 0 Å². The van der Waals surface area contributed by atoms with Crippen LogP contribution in [0.1, 0.15) is 17.4 Å². The molecule has 0 unspecified atom stereocenters. The molecule has 0 atom stereocenters. The van der Waals surface area contributed by atoms with Crippen molar-refractivity contribution < 1.29 is 9.94 Å². The van der Waals surface area contributed by atoms with Crippen LogP contribution in [-0.4, -0.2) is 30.1 Å². The first kappa shape index (κ1) is 15.6. The second-order valence-electron chi connectivity index (χ2n) is 4.43. The second kappa shape index (κ2) is 6.32. The Bertz CT molecular complexity index is 698. The van der Waals surface area contributed by atoms with Gasteiger partial charge in [0.15, 0.2) is 5.13 Å². The Kier molecular flexibility index (Phi) is 4.69. The van der Waals surface area contributed by atoms with E-state index in [0.717, 1.165) is 21.1 Å². The zero-order valence-corrected chi connectivity index (χ0v) is 13.8. The molecule has 7 heteroatoms. The van der Waals surface area contributed by atoms with Crippen LogP contribution < -0.4 is 10.1 Å². The van der Waals surface area contributed by atoms with Gasteiger partial charge in [-0.3, -0.25) is 0 Å². The number of halogens is 1. The molecule has 2 rings (SSSR count). The van der Waals surface area contributed by atoms with Gasteiger partial charge in [-0.25, -0.2) is 4.98 Å². The van der Waals surface area contributed by atoms with Crippen molar-refractivity contribution in [1.29, 1.82) is 0 Å². The van der Waals surface area contributed by atoms with E-state index in [4.69, 9.17) is 21.5 Å². The van der Waals surface area contributed by atoms with E-state index in [1.807, 2.05) is 13.0 Å². The highest BCUT2D eigenvalue weighted by Gasteiger charge is 2.19. The highest BCUT2D eigenvalue weighted by atomic mass is 35.5. The molecule has 0 fully saturated rings. The third-order valence-electron chi connectivity index (χ3n) is 3.06. The number of thiazole rings is 1. The average Bonchev–Trinajstić information content (AvgIpc) is 2.92. The molecule has 0 aliphatic heterocycles. The molecule has 1 aromatic carbocycles. The summed E-state index contributed by atoms with van der Waals surface area (Å²) >= 11 is 7.55. The lowest BCUT2D eigenvalue weighted by molar-refractivity contribution is 0.319. The maximum atomic E-state index is 9.06. The first-order chi connectivity index (χ1) is 10.0. The van der Waals surface area contributed by atoms with E-state index in [9.17, 15) is 0 Å². The van der Waals surface area contributed by atoms with Crippen molar-refractivity contribution in [3.63, 3.8) is 0 Å². The quantitative estimate of drug-likeness (QED) is 0.506. The molecule has 0 radical (unpaired) electrons. The smallest absolute Gasteiger partial charge is 0.183 e. The minimum absolute atomic E-state index is 0.499. The number of benzene rings is 1. The molecule has 0 bridgehead atoms. The van der Waals surface area contributed by atoms with Gasteiger partial charge in [0.25, 0.3) is 0 Å². The topological polar surface area (TPSA) is 66.7 Å². The first-order valence-corrected chi connectivity index (χ1v) is 7.43. The molecular formula is C14H16ClN3O2S. The highest BCUT2D eigenvalue weighted by molar-refractivity contribution is 7.18. The number of ether oxygens (including phenoxy) is 1. The van der Waals surface area contributed by atoms with Gasteiger partial charge in [0.1, 0.15) is 5.75 Å². The highest BCUT2D eigenvalue weighted by Crippen LogP contribution is 2.39. The number of hydrogen-bond acceptors (Lipinski definition) is 6. The Morgan fingerprint density at radius 2 is 2.19 bits per heavy atom. The summed E-state index contributed by atoms with van der Waals surface area (Å²) in [5, 5.41) is 16.7. The predicted octanol–water partition coefficient (Wildman–Crippen LogP) is 4.02.